The van der Waals surface area contributed by atoms with Crippen LogP contribution in [-0.4, -0.2) is 37.5 Å². The van der Waals surface area contributed by atoms with E-state index < -0.39 is 23.5 Å². The third-order valence-electron chi connectivity index (χ3n) is 2.97. The van der Waals surface area contributed by atoms with Gasteiger partial charge in [-0.1, -0.05) is 6.92 Å². The van der Waals surface area contributed by atoms with Crippen LogP contribution in [-0.2, 0) is 4.79 Å². The summed E-state index contributed by atoms with van der Waals surface area (Å²) in [7, 11) is 0. The van der Waals surface area contributed by atoms with Gasteiger partial charge in [0.05, 0.1) is 0 Å². The largest absolute Gasteiger partial charge is 0.504 e. The Morgan fingerprint density at radius 2 is 2.19 bits per heavy atom. The fourth-order valence-corrected chi connectivity index (χ4v) is 1.82. The molecule has 0 aliphatic rings. The van der Waals surface area contributed by atoms with E-state index in [1.165, 1.54) is 18.3 Å². The minimum Gasteiger partial charge on any atom is -0.504 e. The zero-order valence-corrected chi connectivity index (χ0v) is 11.1. The van der Waals surface area contributed by atoms with E-state index in [2.05, 4.69) is 10.3 Å². The van der Waals surface area contributed by atoms with Gasteiger partial charge in [-0.25, -0.2) is 9.78 Å². The van der Waals surface area contributed by atoms with E-state index >= 15 is 0 Å². The molecule has 8 nitrogen and oxygen atoms in total. The molecular formula is C13H13N3O5. The number of carboxylic acid groups (broad SMARTS) is 1. The third kappa shape index (κ3) is 2.69. The molecule has 0 aromatic carbocycles. The van der Waals surface area contributed by atoms with Gasteiger partial charge in [0.2, 0.25) is 0 Å². The number of carboxylic acids is 1. The van der Waals surface area contributed by atoms with Gasteiger partial charge in [0.15, 0.2) is 11.4 Å². The van der Waals surface area contributed by atoms with Crippen molar-refractivity contribution in [3.05, 3.63) is 40.4 Å². The number of pyridine rings is 1. The Bertz CT molecular complexity index is 768. The van der Waals surface area contributed by atoms with E-state index in [1.807, 2.05) is 0 Å². The zero-order chi connectivity index (χ0) is 15.6. The highest BCUT2D eigenvalue weighted by Crippen LogP contribution is 2.12. The molecule has 2 aromatic heterocycles. The van der Waals surface area contributed by atoms with Gasteiger partial charge in [-0.3, -0.25) is 14.0 Å². The summed E-state index contributed by atoms with van der Waals surface area (Å²) < 4.78 is 1.02. The van der Waals surface area contributed by atoms with Crippen LogP contribution < -0.4 is 10.9 Å². The van der Waals surface area contributed by atoms with Crippen molar-refractivity contribution in [1.29, 1.82) is 0 Å². The van der Waals surface area contributed by atoms with Crippen molar-refractivity contribution in [2.24, 2.45) is 0 Å². The van der Waals surface area contributed by atoms with Crippen LogP contribution in [0.3, 0.4) is 0 Å². The lowest BCUT2D eigenvalue weighted by molar-refractivity contribution is -0.139. The first-order valence-corrected chi connectivity index (χ1v) is 6.18. The summed E-state index contributed by atoms with van der Waals surface area (Å²) in [6, 6.07) is 1.71. The van der Waals surface area contributed by atoms with Crippen molar-refractivity contribution in [1.82, 2.24) is 14.7 Å². The van der Waals surface area contributed by atoms with Crippen molar-refractivity contribution in [3.63, 3.8) is 0 Å². The van der Waals surface area contributed by atoms with E-state index in [0.29, 0.717) is 0 Å². The summed E-state index contributed by atoms with van der Waals surface area (Å²) in [6.07, 6.45) is 2.56. The maximum absolute atomic E-state index is 12.2. The van der Waals surface area contributed by atoms with Gasteiger partial charge < -0.3 is 15.5 Å². The first-order valence-electron chi connectivity index (χ1n) is 6.18. The molecule has 2 rings (SSSR count). The number of nitrogens with one attached hydrogen (secondary N) is 1. The Labute approximate surface area is 118 Å². The lowest BCUT2D eigenvalue weighted by atomic mass is 10.2. The Balaban J connectivity index is 2.43. The molecule has 21 heavy (non-hydrogen) atoms. The lowest BCUT2D eigenvalue weighted by Gasteiger charge is -2.12. The number of carbonyl (C=O) groups excluding carboxylic acids is 1. The highest BCUT2D eigenvalue weighted by atomic mass is 16.4. The predicted octanol–water partition coefficient (Wildman–Crippen LogP) is -0.00690. The molecule has 0 radical (unpaired) electrons. The van der Waals surface area contributed by atoms with Gasteiger partial charge in [-0.2, -0.15) is 0 Å². The molecule has 0 aliphatic heterocycles. The molecule has 1 amide bonds. The molecule has 0 unspecified atom stereocenters. The molecule has 0 fully saturated rings. The fourth-order valence-electron chi connectivity index (χ4n) is 1.82. The summed E-state index contributed by atoms with van der Waals surface area (Å²) in [5.74, 6) is -2.20. The topological polar surface area (TPSA) is 121 Å². The van der Waals surface area contributed by atoms with Gasteiger partial charge in [0, 0.05) is 12.4 Å². The predicted molar refractivity (Wildman–Crippen MR) is 72.3 cm³/mol. The van der Waals surface area contributed by atoms with Crippen LogP contribution in [0.15, 0.2) is 29.3 Å². The van der Waals surface area contributed by atoms with Crippen LogP contribution in [0.25, 0.3) is 5.65 Å². The molecule has 0 spiro atoms. The standard InChI is InChI=1S/C13H13N3O5/c1-2-8(13(20)21)15-11(18)7-6-14-10-9(17)4-3-5-16(10)12(7)19/h3-6,8,17H,2H2,1H3,(H,15,18)(H,20,21)/t8-/m1/s1. The number of rotatable bonds is 4. The smallest absolute Gasteiger partial charge is 0.326 e. The number of fused-ring (bicyclic) bond motifs is 1. The van der Waals surface area contributed by atoms with Crippen LogP contribution in [0.5, 0.6) is 5.75 Å². The van der Waals surface area contributed by atoms with E-state index in [1.54, 1.807) is 6.92 Å². The van der Waals surface area contributed by atoms with E-state index in [4.69, 9.17) is 5.11 Å². The van der Waals surface area contributed by atoms with Crippen LogP contribution in [0, 0.1) is 0 Å². The van der Waals surface area contributed by atoms with Crippen LogP contribution in [0.1, 0.15) is 23.7 Å². The highest BCUT2D eigenvalue weighted by Gasteiger charge is 2.21. The number of hydrogen-bond donors (Lipinski definition) is 3. The average molecular weight is 291 g/mol. The Morgan fingerprint density at radius 1 is 1.48 bits per heavy atom. The average Bonchev–Trinajstić information content (AvgIpc) is 2.45. The minimum absolute atomic E-state index is 0.0179. The normalized spacial score (nSPS) is 12.0. The second kappa shape index (κ2) is 5.61. The maximum Gasteiger partial charge on any atom is 0.326 e. The van der Waals surface area contributed by atoms with Gasteiger partial charge >= 0.3 is 5.97 Å². The second-order valence-electron chi connectivity index (χ2n) is 4.34. The maximum atomic E-state index is 12.2. The van der Waals surface area contributed by atoms with Crippen LogP contribution >= 0.6 is 0 Å². The Morgan fingerprint density at radius 3 is 2.81 bits per heavy atom. The lowest BCUT2D eigenvalue weighted by Crippen LogP contribution is -2.42. The number of aromatic hydroxyl groups is 1. The van der Waals surface area contributed by atoms with Gasteiger partial charge in [-0.15, -0.1) is 0 Å². The Kier molecular flexibility index (Phi) is 3.88. The van der Waals surface area contributed by atoms with E-state index in [9.17, 15) is 19.5 Å². The van der Waals surface area contributed by atoms with Gasteiger partial charge in [0.25, 0.3) is 11.5 Å². The molecule has 3 N–H and O–H groups in total. The summed E-state index contributed by atoms with van der Waals surface area (Å²) in [5, 5.41) is 20.7. The van der Waals surface area contributed by atoms with Gasteiger partial charge in [-0.05, 0) is 18.6 Å². The summed E-state index contributed by atoms with van der Waals surface area (Å²) >= 11 is 0. The summed E-state index contributed by atoms with van der Waals surface area (Å²) in [5.41, 5.74) is -0.962. The molecule has 0 saturated carbocycles. The Hall–Kier alpha value is -2.90. The number of amides is 1. The molecule has 0 bridgehead atoms. The third-order valence-corrected chi connectivity index (χ3v) is 2.97. The SMILES string of the molecule is CC[C@@H](NC(=O)c1cnc2c(O)cccn2c1=O)C(=O)O. The molecule has 1 atom stereocenters. The summed E-state index contributed by atoms with van der Waals surface area (Å²) in [4.78, 5) is 38.9. The van der Waals surface area contributed by atoms with Crippen LogP contribution in [0.4, 0.5) is 0 Å². The number of nitrogens with zero attached hydrogens (tertiary/aromatic N) is 2. The first-order chi connectivity index (χ1) is 9.95. The van der Waals surface area contributed by atoms with Crippen molar-refractivity contribution >= 4 is 17.5 Å². The molecule has 110 valence electrons. The van der Waals surface area contributed by atoms with Crippen molar-refractivity contribution in [2.45, 2.75) is 19.4 Å². The molecule has 8 heteroatoms. The van der Waals surface area contributed by atoms with Crippen molar-refractivity contribution in [2.75, 3.05) is 0 Å². The number of hydrogen-bond acceptors (Lipinski definition) is 5. The molecule has 0 aliphatic carbocycles. The van der Waals surface area contributed by atoms with E-state index in [-0.39, 0.29) is 23.4 Å². The van der Waals surface area contributed by atoms with Crippen molar-refractivity contribution < 1.29 is 19.8 Å². The minimum atomic E-state index is -1.18. The van der Waals surface area contributed by atoms with Gasteiger partial charge in [0.1, 0.15) is 11.6 Å². The highest BCUT2D eigenvalue weighted by molar-refractivity contribution is 5.96. The molecule has 2 heterocycles. The first kappa shape index (κ1) is 14.5. The molecule has 2 aromatic rings. The van der Waals surface area contributed by atoms with Crippen molar-refractivity contribution in [3.8, 4) is 5.75 Å². The molecule has 0 saturated heterocycles. The number of carbonyl (C=O) groups is 2. The second-order valence-corrected chi connectivity index (χ2v) is 4.34. The number of aromatic nitrogens is 2. The van der Waals surface area contributed by atoms with E-state index in [0.717, 1.165) is 10.6 Å². The fraction of sp³-hybridized carbons (Fsp3) is 0.231. The number of aliphatic carboxylic acids is 1. The quantitative estimate of drug-likeness (QED) is 0.728. The summed E-state index contributed by atoms with van der Waals surface area (Å²) in [6.45, 7) is 1.60. The molecular weight excluding hydrogens is 278 g/mol. The van der Waals surface area contributed by atoms with Crippen LogP contribution in [0.2, 0.25) is 0 Å². The zero-order valence-electron chi connectivity index (χ0n) is 11.1. The monoisotopic (exact) mass is 291 g/mol.